The summed E-state index contributed by atoms with van der Waals surface area (Å²) in [6.07, 6.45) is -0.449. The number of halogens is 3. The topological polar surface area (TPSA) is 90.3 Å². The summed E-state index contributed by atoms with van der Waals surface area (Å²) < 4.78 is 34.5. The van der Waals surface area contributed by atoms with Crippen LogP contribution in [0.2, 0.25) is 5.02 Å². The highest BCUT2D eigenvalue weighted by atomic mass is 35.5. The van der Waals surface area contributed by atoms with Crippen LogP contribution in [0, 0.1) is 17.6 Å². The van der Waals surface area contributed by atoms with E-state index in [2.05, 4.69) is 0 Å². The standard InChI is InChI=1S/C26H31ClF2N2O5/c1-16(2)14-30(22(13-26(34)35)18-4-5-19(27)20(28)12-18)15-17-3-6-23(21(29)11-17)36-10-9-31-24(32)7-8-25(31)33/h3-6,11-12,16,22,24,32H,7-10,13-15H2,1-2H3,(H,34,35). The Hall–Kier alpha value is -2.75. The van der Waals surface area contributed by atoms with E-state index in [-0.39, 0.29) is 55.1 Å². The molecule has 1 heterocycles. The van der Waals surface area contributed by atoms with Crippen LogP contribution in [-0.4, -0.2) is 57.8 Å². The predicted octanol–water partition coefficient (Wildman–Crippen LogP) is 4.61. The number of carbonyl (C=O) groups excluding carboxylic acids is 1. The molecule has 10 heteroatoms. The van der Waals surface area contributed by atoms with Gasteiger partial charge in [-0.3, -0.25) is 14.5 Å². The number of aliphatic hydroxyl groups is 1. The van der Waals surface area contributed by atoms with Crippen LogP contribution in [0.5, 0.6) is 5.75 Å². The molecule has 196 valence electrons. The highest BCUT2D eigenvalue weighted by Crippen LogP contribution is 2.30. The van der Waals surface area contributed by atoms with Crippen molar-refractivity contribution in [1.29, 1.82) is 0 Å². The number of rotatable bonds is 12. The molecule has 0 bridgehead atoms. The molecule has 0 aliphatic carbocycles. The number of carboxylic acids is 1. The summed E-state index contributed by atoms with van der Waals surface area (Å²) in [4.78, 5) is 26.6. The molecular formula is C26H31ClF2N2O5. The lowest BCUT2D eigenvalue weighted by molar-refractivity contribution is -0.138. The van der Waals surface area contributed by atoms with Crippen LogP contribution in [0.1, 0.15) is 50.3 Å². The number of benzene rings is 2. The van der Waals surface area contributed by atoms with Crippen molar-refractivity contribution in [3.63, 3.8) is 0 Å². The lowest BCUT2D eigenvalue weighted by Crippen LogP contribution is -2.36. The van der Waals surface area contributed by atoms with E-state index in [1.54, 1.807) is 12.1 Å². The Morgan fingerprint density at radius 1 is 1.22 bits per heavy atom. The van der Waals surface area contributed by atoms with Crippen LogP contribution in [0.25, 0.3) is 0 Å². The predicted molar refractivity (Wildman–Crippen MR) is 131 cm³/mol. The molecule has 2 aromatic rings. The van der Waals surface area contributed by atoms with Crippen LogP contribution >= 0.6 is 11.6 Å². The van der Waals surface area contributed by atoms with Gasteiger partial charge in [-0.2, -0.15) is 0 Å². The van der Waals surface area contributed by atoms with Gasteiger partial charge in [-0.25, -0.2) is 8.78 Å². The van der Waals surface area contributed by atoms with Crippen molar-refractivity contribution in [2.75, 3.05) is 19.7 Å². The maximum absolute atomic E-state index is 14.8. The first kappa shape index (κ1) is 27.8. The van der Waals surface area contributed by atoms with Gasteiger partial charge in [-0.05, 0) is 41.3 Å². The van der Waals surface area contributed by atoms with Crippen LogP contribution in [-0.2, 0) is 16.1 Å². The van der Waals surface area contributed by atoms with Crippen molar-refractivity contribution in [3.05, 3.63) is 64.2 Å². The molecule has 1 fully saturated rings. The maximum atomic E-state index is 14.8. The van der Waals surface area contributed by atoms with E-state index in [0.717, 1.165) is 0 Å². The summed E-state index contributed by atoms with van der Waals surface area (Å²) in [6.45, 7) is 4.86. The Balaban J connectivity index is 1.75. The van der Waals surface area contributed by atoms with E-state index in [4.69, 9.17) is 16.3 Å². The lowest BCUT2D eigenvalue weighted by atomic mass is 9.99. The fourth-order valence-electron chi connectivity index (χ4n) is 4.35. The van der Waals surface area contributed by atoms with Crippen LogP contribution < -0.4 is 4.74 Å². The fraction of sp³-hybridized carbons (Fsp3) is 0.462. The number of likely N-dealkylation sites (tertiary alicyclic amines) is 1. The van der Waals surface area contributed by atoms with Crippen molar-refractivity contribution in [2.24, 2.45) is 5.92 Å². The van der Waals surface area contributed by atoms with Gasteiger partial charge in [0, 0.05) is 32.0 Å². The number of aliphatic hydroxyl groups excluding tert-OH is 1. The summed E-state index contributed by atoms with van der Waals surface area (Å²) >= 11 is 5.81. The molecule has 0 spiro atoms. The number of hydrogen-bond donors (Lipinski definition) is 2. The lowest BCUT2D eigenvalue weighted by Gasteiger charge is -2.33. The minimum atomic E-state index is -1.04. The molecule has 2 unspecified atom stereocenters. The smallest absolute Gasteiger partial charge is 0.305 e. The van der Waals surface area contributed by atoms with Crippen LogP contribution in [0.15, 0.2) is 36.4 Å². The van der Waals surface area contributed by atoms with E-state index in [9.17, 15) is 28.6 Å². The molecule has 0 aromatic heterocycles. The number of aliphatic carboxylic acids is 1. The molecule has 0 radical (unpaired) electrons. The highest BCUT2D eigenvalue weighted by Gasteiger charge is 2.29. The average Bonchev–Trinajstić information content (AvgIpc) is 3.12. The van der Waals surface area contributed by atoms with E-state index in [0.29, 0.717) is 24.1 Å². The number of carbonyl (C=O) groups is 2. The van der Waals surface area contributed by atoms with E-state index in [1.165, 1.54) is 29.2 Å². The Morgan fingerprint density at radius 2 is 1.97 bits per heavy atom. The summed E-state index contributed by atoms with van der Waals surface area (Å²) in [7, 11) is 0. The van der Waals surface area contributed by atoms with Crippen LogP contribution in [0.3, 0.4) is 0 Å². The van der Waals surface area contributed by atoms with Crippen LogP contribution in [0.4, 0.5) is 8.78 Å². The molecule has 1 amide bonds. The molecule has 2 atom stereocenters. The van der Waals surface area contributed by atoms with Gasteiger partial charge in [0.25, 0.3) is 0 Å². The SMILES string of the molecule is CC(C)CN(Cc1ccc(OCCN2C(=O)CCC2O)c(F)c1)C(CC(=O)O)c1ccc(Cl)c(F)c1. The number of hydrogen-bond acceptors (Lipinski definition) is 5. The van der Waals surface area contributed by atoms with E-state index < -0.39 is 29.9 Å². The summed E-state index contributed by atoms with van der Waals surface area (Å²) in [6, 6.07) is 8.07. The zero-order valence-electron chi connectivity index (χ0n) is 20.3. The quantitative estimate of drug-likeness (QED) is 0.421. The van der Waals surface area contributed by atoms with E-state index in [1.807, 2.05) is 18.7 Å². The third-order valence-electron chi connectivity index (χ3n) is 6.01. The third kappa shape index (κ3) is 7.38. The molecule has 1 aliphatic rings. The van der Waals surface area contributed by atoms with E-state index >= 15 is 0 Å². The van der Waals surface area contributed by atoms with Crippen molar-refractivity contribution >= 4 is 23.5 Å². The fourth-order valence-corrected chi connectivity index (χ4v) is 4.47. The second-order valence-corrected chi connectivity index (χ2v) is 9.74. The maximum Gasteiger partial charge on any atom is 0.305 e. The number of carboxylic acid groups (broad SMARTS) is 1. The molecule has 1 aliphatic heterocycles. The van der Waals surface area contributed by atoms with Crippen molar-refractivity contribution in [3.8, 4) is 5.75 Å². The van der Waals surface area contributed by atoms with Crippen molar-refractivity contribution in [2.45, 2.75) is 51.9 Å². The molecular weight excluding hydrogens is 494 g/mol. The van der Waals surface area contributed by atoms with Gasteiger partial charge in [0.05, 0.1) is 18.0 Å². The molecule has 3 rings (SSSR count). The Morgan fingerprint density at radius 3 is 2.56 bits per heavy atom. The summed E-state index contributed by atoms with van der Waals surface area (Å²) in [5, 5.41) is 19.3. The monoisotopic (exact) mass is 524 g/mol. The third-order valence-corrected chi connectivity index (χ3v) is 6.31. The Labute approximate surface area is 214 Å². The van der Waals surface area contributed by atoms with Gasteiger partial charge in [0.15, 0.2) is 11.6 Å². The molecule has 2 N–H and O–H groups in total. The van der Waals surface area contributed by atoms with Gasteiger partial charge in [-0.1, -0.05) is 37.6 Å². The number of amides is 1. The first-order chi connectivity index (χ1) is 17.0. The number of ether oxygens (including phenoxy) is 1. The molecule has 36 heavy (non-hydrogen) atoms. The largest absolute Gasteiger partial charge is 0.489 e. The second kappa shape index (κ2) is 12.5. The van der Waals surface area contributed by atoms with Crippen molar-refractivity contribution < 1.29 is 33.3 Å². The van der Waals surface area contributed by atoms with Gasteiger partial charge >= 0.3 is 5.97 Å². The Bertz CT molecular complexity index is 1080. The summed E-state index contributed by atoms with van der Waals surface area (Å²) in [5.41, 5.74) is 1.06. The molecule has 1 saturated heterocycles. The Kier molecular flexibility index (Phi) is 9.64. The molecule has 0 saturated carbocycles. The second-order valence-electron chi connectivity index (χ2n) is 9.33. The van der Waals surface area contributed by atoms with Gasteiger partial charge < -0.3 is 19.8 Å². The molecule has 2 aromatic carbocycles. The molecule has 7 nitrogen and oxygen atoms in total. The van der Waals surface area contributed by atoms with Gasteiger partial charge in [0.1, 0.15) is 18.7 Å². The minimum absolute atomic E-state index is 0.0113. The van der Waals surface area contributed by atoms with Gasteiger partial charge in [0.2, 0.25) is 5.91 Å². The zero-order valence-corrected chi connectivity index (χ0v) is 21.0. The first-order valence-electron chi connectivity index (χ1n) is 11.8. The average molecular weight is 525 g/mol. The minimum Gasteiger partial charge on any atom is -0.489 e. The van der Waals surface area contributed by atoms with Crippen molar-refractivity contribution in [1.82, 2.24) is 9.80 Å². The first-order valence-corrected chi connectivity index (χ1v) is 12.2. The van der Waals surface area contributed by atoms with Gasteiger partial charge in [-0.15, -0.1) is 0 Å². The number of nitrogens with zero attached hydrogens (tertiary/aromatic N) is 2. The normalized spacial score (nSPS) is 16.7. The highest BCUT2D eigenvalue weighted by molar-refractivity contribution is 6.30. The summed E-state index contributed by atoms with van der Waals surface area (Å²) in [5.74, 6) is -2.27. The zero-order chi connectivity index (χ0) is 26.4.